The van der Waals surface area contributed by atoms with Crippen LogP contribution >= 0.6 is 0 Å². The Morgan fingerprint density at radius 2 is 1.77 bits per heavy atom. The highest BCUT2D eigenvalue weighted by atomic mass is 19.4. The van der Waals surface area contributed by atoms with Crippen LogP contribution in [-0.4, -0.2) is 23.2 Å². The predicted molar refractivity (Wildman–Crippen MR) is 69.8 cm³/mol. The number of aryl methyl sites for hydroxylation is 1. The lowest BCUT2D eigenvalue weighted by Crippen LogP contribution is -2.46. The van der Waals surface area contributed by atoms with Gasteiger partial charge in [0, 0.05) is 12.1 Å². The van der Waals surface area contributed by atoms with Crippen molar-refractivity contribution in [3.63, 3.8) is 0 Å². The molecule has 0 fully saturated rings. The Morgan fingerprint density at radius 3 is 2.23 bits per heavy atom. The number of carboxylic acids is 1. The monoisotopic (exact) mass is 321 g/mol. The summed E-state index contributed by atoms with van der Waals surface area (Å²) in [6.07, 6.45) is -4.75. The van der Waals surface area contributed by atoms with Gasteiger partial charge in [0.1, 0.15) is 11.2 Å². The van der Waals surface area contributed by atoms with Crippen LogP contribution in [0.1, 0.15) is 35.3 Å². The number of carbonyl (C=O) groups excluding carboxylic acids is 1. The third kappa shape index (κ3) is 3.37. The van der Waals surface area contributed by atoms with Gasteiger partial charge in [-0.3, -0.25) is 4.79 Å². The van der Waals surface area contributed by atoms with E-state index in [9.17, 15) is 27.2 Å². The molecule has 0 radical (unpaired) electrons. The number of hydrogen-bond donors (Lipinski definition) is 2. The Hall–Kier alpha value is -2.12. The molecular formula is C14H15F4NO3. The van der Waals surface area contributed by atoms with E-state index in [0.717, 1.165) is 0 Å². The first-order valence-corrected chi connectivity index (χ1v) is 6.26. The average molecular weight is 321 g/mol. The van der Waals surface area contributed by atoms with Crippen molar-refractivity contribution in [3.8, 4) is 0 Å². The highest BCUT2D eigenvalue weighted by molar-refractivity contribution is 5.90. The summed E-state index contributed by atoms with van der Waals surface area (Å²) in [5, 5.41) is 10.9. The first kappa shape index (κ1) is 17.9. The fourth-order valence-corrected chi connectivity index (χ4v) is 1.64. The molecular weight excluding hydrogens is 306 g/mol. The number of amides is 1. The van der Waals surface area contributed by atoms with Crippen LogP contribution < -0.4 is 5.32 Å². The van der Waals surface area contributed by atoms with E-state index >= 15 is 0 Å². The van der Waals surface area contributed by atoms with Crippen molar-refractivity contribution >= 4 is 11.9 Å². The van der Waals surface area contributed by atoms with Crippen molar-refractivity contribution in [2.75, 3.05) is 0 Å². The number of carboxylic acid groups (broad SMARTS) is 1. The van der Waals surface area contributed by atoms with E-state index in [2.05, 4.69) is 0 Å². The van der Waals surface area contributed by atoms with Gasteiger partial charge >= 0.3 is 12.1 Å². The standard InChI is InChI=1S/C14H15F4NO3/c1-7-4-5-8(10(15)9(7)11(20)21)6-19-12(22)13(2,3)14(16,17)18/h4-5H,6H2,1-3H3,(H,19,22)(H,20,21). The molecule has 122 valence electrons. The van der Waals surface area contributed by atoms with Gasteiger partial charge in [-0.15, -0.1) is 0 Å². The maximum absolute atomic E-state index is 14.0. The Balaban J connectivity index is 2.97. The molecule has 1 aromatic rings. The topological polar surface area (TPSA) is 66.4 Å². The number of aromatic carboxylic acids is 1. The quantitative estimate of drug-likeness (QED) is 0.838. The molecule has 0 saturated heterocycles. The van der Waals surface area contributed by atoms with E-state index in [1.165, 1.54) is 19.1 Å². The fourth-order valence-electron chi connectivity index (χ4n) is 1.64. The van der Waals surface area contributed by atoms with Gasteiger partial charge < -0.3 is 10.4 Å². The van der Waals surface area contributed by atoms with Gasteiger partial charge in [-0.2, -0.15) is 13.2 Å². The average Bonchev–Trinajstić information content (AvgIpc) is 2.35. The molecule has 4 nitrogen and oxygen atoms in total. The maximum atomic E-state index is 14.0. The molecule has 0 aliphatic heterocycles. The fraction of sp³-hybridized carbons (Fsp3) is 0.429. The Labute approximate surface area is 124 Å². The number of alkyl halides is 3. The first-order valence-electron chi connectivity index (χ1n) is 6.26. The third-order valence-electron chi connectivity index (χ3n) is 3.36. The van der Waals surface area contributed by atoms with E-state index in [1.54, 1.807) is 0 Å². The second-order valence-corrected chi connectivity index (χ2v) is 5.34. The summed E-state index contributed by atoms with van der Waals surface area (Å²) in [4.78, 5) is 22.6. The molecule has 0 bridgehead atoms. The van der Waals surface area contributed by atoms with Gasteiger partial charge in [-0.1, -0.05) is 12.1 Å². The number of benzene rings is 1. The molecule has 0 aromatic heterocycles. The zero-order chi connectivity index (χ0) is 17.3. The zero-order valence-corrected chi connectivity index (χ0v) is 12.1. The lowest BCUT2D eigenvalue weighted by molar-refractivity contribution is -0.211. The summed E-state index contributed by atoms with van der Waals surface area (Å²) in [6.45, 7) is 2.26. The van der Waals surface area contributed by atoms with Crippen molar-refractivity contribution in [3.05, 3.63) is 34.6 Å². The van der Waals surface area contributed by atoms with Crippen molar-refractivity contribution in [1.82, 2.24) is 5.32 Å². The van der Waals surface area contributed by atoms with Crippen LogP contribution in [0.5, 0.6) is 0 Å². The number of carbonyl (C=O) groups is 2. The second kappa shape index (κ2) is 5.94. The van der Waals surface area contributed by atoms with Crippen molar-refractivity contribution in [2.24, 2.45) is 5.41 Å². The Bertz CT molecular complexity index is 609. The number of nitrogens with one attached hydrogen (secondary N) is 1. The SMILES string of the molecule is Cc1ccc(CNC(=O)C(C)(C)C(F)(F)F)c(F)c1C(=O)O. The van der Waals surface area contributed by atoms with E-state index in [4.69, 9.17) is 5.11 Å². The van der Waals surface area contributed by atoms with Gasteiger partial charge in [-0.25, -0.2) is 9.18 Å². The minimum atomic E-state index is -4.75. The molecule has 0 aliphatic carbocycles. The lowest BCUT2D eigenvalue weighted by Gasteiger charge is -2.26. The van der Waals surface area contributed by atoms with Crippen LogP contribution in [0.15, 0.2) is 12.1 Å². The number of rotatable bonds is 4. The summed E-state index contributed by atoms with van der Waals surface area (Å²) in [6, 6.07) is 2.54. The van der Waals surface area contributed by atoms with Gasteiger partial charge in [0.05, 0.1) is 5.56 Å². The zero-order valence-electron chi connectivity index (χ0n) is 12.1. The number of hydrogen-bond acceptors (Lipinski definition) is 2. The third-order valence-corrected chi connectivity index (χ3v) is 3.36. The van der Waals surface area contributed by atoms with E-state index in [-0.39, 0.29) is 11.1 Å². The minimum Gasteiger partial charge on any atom is -0.478 e. The molecule has 0 spiro atoms. The normalized spacial score (nSPS) is 12.1. The highest BCUT2D eigenvalue weighted by Gasteiger charge is 2.52. The molecule has 1 rings (SSSR count). The molecule has 0 unspecified atom stereocenters. The van der Waals surface area contributed by atoms with Gasteiger partial charge in [0.2, 0.25) is 5.91 Å². The van der Waals surface area contributed by atoms with E-state index in [1.807, 2.05) is 5.32 Å². The Morgan fingerprint density at radius 1 is 1.23 bits per heavy atom. The van der Waals surface area contributed by atoms with Crippen LogP contribution in [0.25, 0.3) is 0 Å². The molecule has 1 aromatic carbocycles. The highest BCUT2D eigenvalue weighted by Crippen LogP contribution is 2.37. The Kier molecular flexibility index (Phi) is 4.84. The van der Waals surface area contributed by atoms with Crippen LogP contribution in [-0.2, 0) is 11.3 Å². The molecule has 8 heteroatoms. The second-order valence-electron chi connectivity index (χ2n) is 5.34. The first-order chi connectivity index (χ1) is 9.89. The number of halogens is 4. The van der Waals surface area contributed by atoms with Gasteiger partial charge in [0.15, 0.2) is 0 Å². The van der Waals surface area contributed by atoms with Gasteiger partial charge in [0.25, 0.3) is 0 Å². The molecule has 2 N–H and O–H groups in total. The van der Waals surface area contributed by atoms with Crippen molar-refractivity contribution in [2.45, 2.75) is 33.5 Å². The summed E-state index contributed by atoms with van der Waals surface area (Å²) < 4.78 is 52.1. The molecule has 22 heavy (non-hydrogen) atoms. The lowest BCUT2D eigenvalue weighted by atomic mass is 9.91. The van der Waals surface area contributed by atoms with Gasteiger partial charge in [-0.05, 0) is 26.3 Å². The predicted octanol–water partition coefficient (Wildman–Crippen LogP) is 3.04. The minimum absolute atomic E-state index is 0.177. The van der Waals surface area contributed by atoms with Crippen molar-refractivity contribution in [1.29, 1.82) is 0 Å². The maximum Gasteiger partial charge on any atom is 0.402 e. The van der Waals surface area contributed by atoms with Crippen LogP contribution in [0.4, 0.5) is 17.6 Å². The smallest absolute Gasteiger partial charge is 0.402 e. The summed E-state index contributed by atoms with van der Waals surface area (Å²) in [7, 11) is 0. The van der Waals surface area contributed by atoms with Crippen LogP contribution in [0.2, 0.25) is 0 Å². The molecule has 0 saturated carbocycles. The molecule has 0 aliphatic rings. The van der Waals surface area contributed by atoms with E-state index in [0.29, 0.717) is 13.8 Å². The summed E-state index contributed by atoms with van der Waals surface area (Å²) in [5.74, 6) is -3.88. The summed E-state index contributed by atoms with van der Waals surface area (Å²) in [5.41, 5.74) is -3.23. The molecule has 0 heterocycles. The summed E-state index contributed by atoms with van der Waals surface area (Å²) >= 11 is 0. The molecule has 1 amide bonds. The van der Waals surface area contributed by atoms with E-state index < -0.39 is 41.4 Å². The van der Waals surface area contributed by atoms with Crippen LogP contribution in [0.3, 0.4) is 0 Å². The van der Waals surface area contributed by atoms with Crippen LogP contribution in [0, 0.1) is 18.2 Å². The largest absolute Gasteiger partial charge is 0.478 e. The van der Waals surface area contributed by atoms with Crippen molar-refractivity contribution < 1.29 is 32.3 Å². The molecule has 0 atom stereocenters.